The maximum Gasteiger partial charge on any atom is 0.435 e. The van der Waals surface area contributed by atoms with Gasteiger partial charge in [0.1, 0.15) is 0 Å². The number of aromatic nitrogens is 2. The van der Waals surface area contributed by atoms with Crippen molar-refractivity contribution in [3.63, 3.8) is 0 Å². The fourth-order valence-electron chi connectivity index (χ4n) is 2.64. The van der Waals surface area contributed by atoms with Crippen molar-refractivity contribution < 1.29 is 18.0 Å². The smallest absolute Gasteiger partial charge is 0.352 e. The lowest BCUT2D eigenvalue weighted by Crippen LogP contribution is -2.49. The monoisotopic (exact) mass is 404 g/mol. The van der Waals surface area contributed by atoms with Crippen molar-refractivity contribution in [2.75, 3.05) is 31.1 Å². The second-order valence-corrected chi connectivity index (χ2v) is 6.58. The van der Waals surface area contributed by atoms with E-state index in [0.717, 1.165) is 6.07 Å². The summed E-state index contributed by atoms with van der Waals surface area (Å²) >= 11 is 11.8. The molecule has 0 radical (unpaired) electrons. The van der Waals surface area contributed by atoms with Crippen molar-refractivity contribution in [2.45, 2.75) is 6.18 Å². The van der Waals surface area contributed by atoms with Gasteiger partial charge in [-0.05, 0) is 30.3 Å². The van der Waals surface area contributed by atoms with E-state index >= 15 is 0 Å². The summed E-state index contributed by atoms with van der Waals surface area (Å²) in [6, 6.07) is 6.81. The maximum absolute atomic E-state index is 12.5. The molecular weight excluding hydrogens is 392 g/mol. The van der Waals surface area contributed by atoms with Crippen molar-refractivity contribution in [2.24, 2.45) is 0 Å². The average molecular weight is 405 g/mol. The Hall–Kier alpha value is -2.06. The highest BCUT2D eigenvalue weighted by atomic mass is 35.5. The van der Waals surface area contributed by atoms with Crippen LogP contribution in [0.25, 0.3) is 0 Å². The summed E-state index contributed by atoms with van der Waals surface area (Å²) in [5, 5.41) is 7.61. The van der Waals surface area contributed by atoms with E-state index in [4.69, 9.17) is 23.2 Å². The molecule has 1 amide bonds. The highest BCUT2D eigenvalue weighted by Gasteiger charge is 2.33. The van der Waals surface area contributed by atoms with Gasteiger partial charge < -0.3 is 9.80 Å². The van der Waals surface area contributed by atoms with Crippen LogP contribution in [0, 0.1) is 0 Å². The lowest BCUT2D eigenvalue weighted by Gasteiger charge is -2.35. The molecule has 0 aliphatic carbocycles. The third-order valence-corrected chi connectivity index (χ3v) is 4.38. The van der Waals surface area contributed by atoms with Crippen LogP contribution < -0.4 is 4.90 Å². The Morgan fingerprint density at radius 2 is 1.58 bits per heavy atom. The van der Waals surface area contributed by atoms with Crippen molar-refractivity contribution >= 4 is 34.9 Å². The molecule has 0 unspecified atom stereocenters. The second-order valence-electron chi connectivity index (χ2n) is 5.71. The molecule has 1 fully saturated rings. The summed E-state index contributed by atoms with van der Waals surface area (Å²) in [5.41, 5.74) is -0.641. The highest BCUT2D eigenvalue weighted by Crippen LogP contribution is 2.28. The van der Waals surface area contributed by atoms with Crippen LogP contribution >= 0.6 is 23.2 Å². The van der Waals surface area contributed by atoms with Crippen LogP contribution in [0.1, 0.15) is 16.1 Å². The molecule has 5 nitrogen and oxygen atoms in total. The number of piperazine rings is 1. The van der Waals surface area contributed by atoms with Crippen molar-refractivity contribution in [1.29, 1.82) is 0 Å². The van der Waals surface area contributed by atoms with E-state index in [-0.39, 0.29) is 5.91 Å². The lowest BCUT2D eigenvalue weighted by atomic mass is 10.2. The van der Waals surface area contributed by atoms with Gasteiger partial charge in [-0.2, -0.15) is 13.2 Å². The number of amides is 1. The number of hydrogen-bond donors (Lipinski definition) is 0. The van der Waals surface area contributed by atoms with E-state index in [9.17, 15) is 18.0 Å². The molecule has 10 heteroatoms. The van der Waals surface area contributed by atoms with Gasteiger partial charge in [0.05, 0.1) is 0 Å². The molecule has 0 spiro atoms. The van der Waals surface area contributed by atoms with Crippen molar-refractivity contribution in [3.05, 3.63) is 51.6 Å². The Labute approximate surface area is 157 Å². The van der Waals surface area contributed by atoms with Crippen LogP contribution in [0.15, 0.2) is 30.3 Å². The first kappa shape index (κ1) is 18.7. The van der Waals surface area contributed by atoms with E-state index in [0.29, 0.717) is 47.6 Å². The first-order valence-electron chi connectivity index (χ1n) is 7.65. The molecule has 1 aliphatic rings. The molecule has 26 heavy (non-hydrogen) atoms. The van der Waals surface area contributed by atoms with Crippen LogP contribution in [0.5, 0.6) is 0 Å². The van der Waals surface area contributed by atoms with Gasteiger partial charge >= 0.3 is 6.18 Å². The Morgan fingerprint density at radius 3 is 2.08 bits per heavy atom. The first-order valence-corrected chi connectivity index (χ1v) is 8.41. The zero-order chi connectivity index (χ0) is 18.9. The lowest BCUT2D eigenvalue weighted by molar-refractivity contribution is -0.141. The standard InChI is InChI=1S/C16H13Cl2F3N4O/c17-11-7-10(8-12(18)9-11)15(26)25-5-3-24(4-6-25)14-2-1-13(22-23-14)16(19,20)21/h1-2,7-9H,3-6H2. The molecule has 1 aromatic heterocycles. The summed E-state index contributed by atoms with van der Waals surface area (Å²) < 4.78 is 37.6. The van der Waals surface area contributed by atoms with Gasteiger partial charge in [0.25, 0.3) is 5.91 Å². The molecule has 138 valence electrons. The third-order valence-electron chi connectivity index (χ3n) is 3.94. The Balaban J connectivity index is 1.64. The Bertz CT molecular complexity index is 786. The van der Waals surface area contributed by atoms with Gasteiger partial charge in [0.15, 0.2) is 11.5 Å². The van der Waals surface area contributed by atoms with E-state index in [1.807, 2.05) is 0 Å². The fraction of sp³-hybridized carbons (Fsp3) is 0.312. The zero-order valence-electron chi connectivity index (χ0n) is 13.3. The molecule has 0 atom stereocenters. The minimum absolute atomic E-state index is 0.201. The van der Waals surface area contributed by atoms with Crippen LogP contribution in [-0.4, -0.2) is 47.2 Å². The highest BCUT2D eigenvalue weighted by molar-refractivity contribution is 6.35. The van der Waals surface area contributed by atoms with E-state index in [2.05, 4.69) is 10.2 Å². The molecule has 2 heterocycles. The van der Waals surface area contributed by atoms with Gasteiger partial charge in [0.2, 0.25) is 0 Å². The SMILES string of the molecule is O=C(c1cc(Cl)cc(Cl)c1)N1CCN(c2ccc(C(F)(F)F)nn2)CC1. The Morgan fingerprint density at radius 1 is 0.962 bits per heavy atom. The second kappa shape index (κ2) is 7.28. The molecule has 0 saturated carbocycles. The third kappa shape index (κ3) is 4.19. The summed E-state index contributed by atoms with van der Waals surface area (Å²) in [6.45, 7) is 1.65. The first-order chi connectivity index (χ1) is 12.2. The minimum Gasteiger partial charge on any atom is -0.352 e. The van der Waals surface area contributed by atoms with Gasteiger partial charge in [-0.3, -0.25) is 4.79 Å². The van der Waals surface area contributed by atoms with E-state index in [1.54, 1.807) is 28.0 Å². The maximum atomic E-state index is 12.5. The number of alkyl halides is 3. The summed E-state index contributed by atoms with van der Waals surface area (Å²) in [7, 11) is 0. The number of nitrogens with zero attached hydrogens (tertiary/aromatic N) is 4. The van der Waals surface area contributed by atoms with Crippen LogP contribution in [0.4, 0.5) is 19.0 Å². The Kier molecular flexibility index (Phi) is 5.24. The largest absolute Gasteiger partial charge is 0.435 e. The molecule has 2 aromatic rings. The number of rotatable bonds is 2. The molecule has 1 aliphatic heterocycles. The van der Waals surface area contributed by atoms with Crippen molar-refractivity contribution in [3.8, 4) is 0 Å². The topological polar surface area (TPSA) is 49.3 Å². The van der Waals surface area contributed by atoms with Crippen LogP contribution in [0.3, 0.4) is 0 Å². The van der Waals surface area contributed by atoms with Gasteiger partial charge in [-0.25, -0.2) is 0 Å². The number of carbonyl (C=O) groups is 1. The van der Waals surface area contributed by atoms with Crippen molar-refractivity contribution in [1.82, 2.24) is 15.1 Å². The minimum atomic E-state index is -4.52. The normalized spacial score (nSPS) is 15.3. The number of carbonyl (C=O) groups excluding carboxylic acids is 1. The predicted octanol–water partition coefficient (Wildman–Crippen LogP) is 3.76. The van der Waals surface area contributed by atoms with E-state index in [1.165, 1.54) is 6.07 Å². The van der Waals surface area contributed by atoms with Gasteiger partial charge in [0, 0.05) is 41.8 Å². The summed E-state index contributed by atoms with van der Waals surface area (Å²) in [4.78, 5) is 16.0. The zero-order valence-corrected chi connectivity index (χ0v) is 14.8. The number of halogens is 5. The molecule has 3 rings (SSSR count). The van der Waals surface area contributed by atoms with Gasteiger partial charge in [-0.1, -0.05) is 23.2 Å². The number of benzene rings is 1. The summed E-state index contributed by atoms with van der Waals surface area (Å²) in [6.07, 6.45) is -4.52. The number of hydrogen-bond acceptors (Lipinski definition) is 4. The van der Waals surface area contributed by atoms with Crippen LogP contribution in [-0.2, 0) is 6.18 Å². The van der Waals surface area contributed by atoms with E-state index < -0.39 is 11.9 Å². The number of anilines is 1. The molecule has 0 N–H and O–H groups in total. The molecule has 0 bridgehead atoms. The quantitative estimate of drug-likeness (QED) is 0.764. The predicted molar refractivity (Wildman–Crippen MR) is 91.6 cm³/mol. The molecule has 1 aromatic carbocycles. The fourth-order valence-corrected chi connectivity index (χ4v) is 3.17. The summed E-state index contributed by atoms with van der Waals surface area (Å²) in [5.74, 6) is 0.142. The van der Waals surface area contributed by atoms with Crippen LogP contribution in [0.2, 0.25) is 10.0 Å². The van der Waals surface area contributed by atoms with Gasteiger partial charge in [-0.15, -0.1) is 10.2 Å². The average Bonchev–Trinajstić information content (AvgIpc) is 2.60. The molecular formula is C16H13Cl2F3N4O. The molecule has 1 saturated heterocycles.